The molecule has 0 aliphatic carbocycles. The van der Waals surface area contributed by atoms with Crippen LogP contribution in [-0.4, -0.2) is 20.7 Å². The molecular weight excluding hydrogens is 312 g/mol. The summed E-state index contributed by atoms with van der Waals surface area (Å²) in [5, 5.41) is 7.58. The van der Waals surface area contributed by atoms with Gasteiger partial charge in [0, 0.05) is 18.8 Å². The Labute approximate surface area is 147 Å². The zero-order valence-electron chi connectivity index (χ0n) is 14.8. The molecule has 25 heavy (non-hydrogen) atoms. The predicted octanol–water partition coefficient (Wildman–Crippen LogP) is 3.76. The standard InChI is InChI=1S/C20H22N4O/c1-14-6-9-18(10-7-14)24-16(3)20(15(2)23-24)22-19(25)11-8-17-5-4-12-21-13-17/h4-7,9-10,12-13H,8,11H2,1-3H3,(H,22,25). The molecule has 1 N–H and O–H groups in total. The van der Waals surface area contributed by atoms with Gasteiger partial charge in [0.1, 0.15) is 0 Å². The van der Waals surface area contributed by atoms with E-state index in [1.165, 1.54) is 5.56 Å². The molecule has 0 aliphatic rings. The van der Waals surface area contributed by atoms with Crippen LogP contribution in [0.25, 0.3) is 5.69 Å². The summed E-state index contributed by atoms with van der Waals surface area (Å²) < 4.78 is 1.87. The van der Waals surface area contributed by atoms with Crippen LogP contribution in [0.1, 0.15) is 28.9 Å². The second kappa shape index (κ2) is 7.30. The van der Waals surface area contributed by atoms with Crippen molar-refractivity contribution in [1.29, 1.82) is 0 Å². The maximum atomic E-state index is 12.3. The van der Waals surface area contributed by atoms with Gasteiger partial charge in [0.2, 0.25) is 5.91 Å². The highest BCUT2D eigenvalue weighted by molar-refractivity contribution is 5.92. The second-order valence-corrected chi connectivity index (χ2v) is 6.20. The first-order valence-electron chi connectivity index (χ1n) is 8.36. The van der Waals surface area contributed by atoms with Gasteiger partial charge < -0.3 is 5.32 Å². The number of pyridine rings is 1. The number of nitrogens with one attached hydrogen (secondary N) is 1. The van der Waals surface area contributed by atoms with Crippen LogP contribution >= 0.6 is 0 Å². The third-order valence-corrected chi connectivity index (χ3v) is 4.20. The van der Waals surface area contributed by atoms with Crippen LogP contribution in [0.3, 0.4) is 0 Å². The molecule has 2 aromatic heterocycles. The minimum Gasteiger partial charge on any atom is -0.323 e. The van der Waals surface area contributed by atoms with Crippen molar-refractivity contribution in [1.82, 2.24) is 14.8 Å². The number of hydrogen-bond acceptors (Lipinski definition) is 3. The molecule has 3 aromatic rings. The quantitative estimate of drug-likeness (QED) is 0.773. The van der Waals surface area contributed by atoms with E-state index >= 15 is 0 Å². The van der Waals surface area contributed by atoms with Crippen LogP contribution < -0.4 is 5.32 Å². The molecule has 0 atom stereocenters. The molecule has 0 aliphatic heterocycles. The lowest BCUT2D eigenvalue weighted by Gasteiger charge is -2.07. The normalized spacial score (nSPS) is 10.7. The Morgan fingerprint density at radius 2 is 1.88 bits per heavy atom. The first-order chi connectivity index (χ1) is 12.0. The number of carbonyl (C=O) groups is 1. The van der Waals surface area contributed by atoms with Gasteiger partial charge in [-0.15, -0.1) is 0 Å². The summed E-state index contributed by atoms with van der Waals surface area (Å²) in [6.45, 7) is 5.93. The van der Waals surface area contributed by atoms with Crippen LogP contribution in [0.2, 0.25) is 0 Å². The van der Waals surface area contributed by atoms with Gasteiger partial charge in [0.25, 0.3) is 0 Å². The highest BCUT2D eigenvalue weighted by atomic mass is 16.1. The van der Waals surface area contributed by atoms with E-state index in [-0.39, 0.29) is 5.91 Å². The van der Waals surface area contributed by atoms with Gasteiger partial charge in [0.15, 0.2) is 0 Å². The summed E-state index contributed by atoms with van der Waals surface area (Å²) in [6.07, 6.45) is 4.61. The number of anilines is 1. The second-order valence-electron chi connectivity index (χ2n) is 6.20. The van der Waals surface area contributed by atoms with E-state index in [0.29, 0.717) is 12.8 Å². The zero-order valence-corrected chi connectivity index (χ0v) is 14.8. The molecular formula is C20H22N4O. The van der Waals surface area contributed by atoms with Crippen molar-refractivity contribution in [2.24, 2.45) is 0 Å². The molecule has 0 fully saturated rings. The SMILES string of the molecule is Cc1ccc(-n2nc(C)c(NC(=O)CCc3cccnc3)c2C)cc1. The lowest BCUT2D eigenvalue weighted by Crippen LogP contribution is -2.13. The molecule has 128 valence electrons. The van der Waals surface area contributed by atoms with E-state index in [2.05, 4.69) is 34.5 Å². The highest BCUT2D eigenvalue weighted by Crippen LogP contribution is 2.23. The van der Waals surface area contributed by atoms with E-state index in [1.807, 2.05) is 42.8 Å². The molecule has 0 spiro atoms. The Bertz CT molecular complexity index is 867. The van der Waals surface area contributed by atoms with Crippen LogP contribution in [0.15, 0.2) is 48.8 Å². The van der Waals surface area contributed by atoms with Crippen molar-refractivity contribution in [2.45, 2.75) is 33.6 Å². The first-order valence-corrected chi connectivity index (χ1v) is 8.36. The number of aromatic nitrogens is 3. The molecule has 3 rings (SSSR count). The number of amides is 1. The van der Waals surface area contributed by atoms with E-state index < -0.39 is 0 Å². The largest absolute Gasteiger partial charge is 0.323 e. The van der Waals surface area contributed by atoms with E-state index in [4.69, 9.17) is 0 Å². The monoisotopic (exact) mass is 334 g/mol. The topological polar surface area (TPSA) is 59.8 Å². The number of aryl methyl sites for hydroxylation is 3. The molecule has 0 bridgehead atoms. The fourth-order valence-corrected chi connectivity index (χ4v) is 2.77. The summed E-state index contributed by atoms with van der Waals surface area (Å²) in [5.74, 6) is -0.0153. The van der Waals surface area contributed by atoms with Crippen molar-refractivity contribution in [3.05, 3.63) is 71.3 Å². The summed E-state index contributed by atoms with van der Waals surface area (Å²) in [5.41, 5.74) is 5.78. The third kappa shape index (κ3) is 3.94. The predicted molar refractivity (Wildman–Crippen MR) is 99.0 cm³/mol. The molecule has 0 saturated carbocycles. The Kier molecular flexibility index (Phi) is 4.93. The van der Waals surface area contributed by atoms with Crippen molar-refractivity contribution >= 4 is 11.6 Å². The maximum Gasteiger partial charge on any atom is 0.224 e. The van der Waals surface area contributed by atoms with Gasteiger partial charge in [-0.2, -0.15) is 5.10 Å². The fraction of sp³-hybridized carbons (Fsp3) is 0.250. The number of rotatable bonds is 5. The average molecular weight is 334 g/mol. The average Bonchev–Trinajstić information content (AvgIpc) is 2.90. The minimum absolute atomic E-state index is 0.0153. The first kappa shape index (κ1) is 16.9. The van der Waals surface area contributed by atoms with Gasteiger partial charge in [-0.25, -0.2) is 4.68 Å². The molecule has 5 heteroatoms. The number of nitrogens with zero attached hydrogens (tertiary/aromatic N) is 3. The number of hydrogen-bond donors (Lipinski definition) is 1. The number of carbonyl (C=O) groups excluding carboxylic acids is 1. The lowest BCUT2D eigenvalue weighted by atomic mass is 10.1. The number of benzene rings is 1. The lowest BCUT2D eigenvalue weighted by molar-refractivity contribution is -0.116. The summed E-state index contributed by atoms with van der Waals surface area (Å²) in [4.78, 5) is 16.4. The molecule has 1 amide bonds. The van der Waals surface area contributed by atoms with Gasteiger partial charge in [-0.1, -0.05) is 23.8 Å². The van der Waals surface area contributed by atoms with Gasteiger partial charge >= 0.3 is 0 Å². The van der Waals surface area contributed by atoms with Crippen molar-refractivity contribution in [3.8, 4) is 5.69 Å². The van der Waals surface area contributed by atoms with Crippen molar-refractivity contribution in [2.75, 3.05) is 5.32 Å². The molecule has 5 nitrogen and oxygen atoms in total. The maximum absolute atomic E-state index is 12.3. The van der Waals surface area contributed by atoms with Crippen LogP contribution in [0.4, 0.5) is 5.69 Å². The third-order valence-electron chi connectivity index (χ3n) is 4.20. The van der Waals surface area contributed by atoms with E-state index in [0.717, 1.165) is 28.3 Å². The Morgan fingerprint density at radius 1 is 1.12 bits per heavy atom. The van der Waals surface area contributed by atoms with Gasteiger partial charge in [-0.05, 0) is 51.0 Å². The summed E-state index contributed by atoms with van der Waals surface area (Å²) in [6, 6.07) is 12.0. The smallest absolute Gasteiger partial charge is 0.224 e. The molecule has 2 heterocycles. The molecule has 0 radical (unpaired) electrons. The van der Waals surface area contributed by atoms with Gasteiger partial charge in [0.05, 0.1) is 22.8 Å². The van der Waals surface area contributed by atoms with Gasteiger partial charge in [-0.3, -0.25) is 9.78 Å². The van der Waals surface area contributed by atoms with Crippen molar-refractivity contribution in [3.63, 3.8) is 0 Å². The minimum atomic E-state index is -0.0153. The van der Waals surface area contributed by atoms with E-state index in [9.17, 15) is 4.79 Å². The van der Waals surface area contributed by atoms with Crippen LogP contribution in [-0.2, 0) is 11.2 Å². The zero-order chi connectivity index (χ0) is 17.8. The van der Waals surface area contributed by atoms with Crippen LogP contribution in [0.5, 0.6) is 0 Å². The van der Waals surface area contributed by atoms with E-state index in [1.54, 1.807) is 12.4 Å². The van der Waals surface area contributed by atoms with Crippen LogP contribution in [0, 0.1) is 20.8 Å². The Hall–Kier alpha value is -2.95. The molecule has 0 unspecified atom stereocenters. The van der Waals surface area contributed by atoms with Crippen molar-refractivity contribution < 1.29 is 4.79 Å². The Balaban J connectivity index is 1.72. The fourth-order valence-electron chi connectivity index (χ4n) is 2.77. The molecule has 1 aromatic carbocycles. The Morgan fingerprint density at radius 3 is 2.56 bits per heavy atom. The summed E-state index contributed by atoms with van der Waals surface area (Å²) >= 11 is 0. The molecule has 0 saturated heterocycles. The summed E-state index contributed by atoms with van der Waals surface area (Å²) in [7, 11) is 0. The highest BCUT2D eigenvalue weighted by Gasteiger charge is 2.15.